The summed E-state index contributed by atoms with van der Waals surface area (Å²) < 4.78 is 0. The molecule has 5 aromatic carbocycles. The Labute approximate surface area is 276 Å². The monoisotopic (exact) mass is 598 g/mol. The zero-order valence-electron chi connectivity index (χ0n) is 27.9. The number of aryl methyl sites for hydroxylation is 1. The van der Waals surface area contributed by atoms with Gasteiger partial charge in [0.1, 0.15) is 0 Å². The molecule has 0 heteroatoms. The molecule has 0 spiro atoms. The van der Waals surface area contributed by atoms with Crippen molar-refractivity contribution >= 4 is 27.6 Å². The highest BCUT2D eigenvalue weighted by molar-refractivity contribution is 6.16. The molecule has 0 saturated heterocycles. The summed E-state index contributed by atoms with van der Waals surface area (Å²) in [5.74, 6) is 0.574. The molecule has 0 amide bonds. The van der Waals surface area contributed by atoms with E-state index in [1.165, 1.54) is 90.9 Å². The molecule has 2 radical (unpaired) electrons. The lowest BCUT2D eigenvalue weighted by molar-refractivity contribution is 0.792. The topological polar surface area (TPSA) is 0 Å². The number of fused-ring (bicyclic) bond motifs is 4. The fourth-order valence-corrected chi connectivity index (χ4v) is 7.13. The molecular formula is C46H46. The van der Waals surface area contributed by atoms with Gasteiger partial charge in [-0.25, -0.2) is 0 Å². The van der Waals surface area contributed by atoms with E-state index in [1.54, 1.807) is 0 Å². The number of hydrogen-bond acceptors (Lipinski definition) is 0. The summed E-state index contributed by atoms with van der Waals surface area (Å²) in [5, 5.41) is 5.50. The number of unbranched alkanes of at least 4 members (excludes halogenated alkanes) is 1. The van der Waals surface area contributed by atoms with Crippen molar-refractivity contribution in [3.05, 3.63) is 174 Å². The minimum absolute atomic E-state index is 0.103. The normalized spacial score (nSPS) is 19.3. The maximum Gasteiger partial charge on any atom is 0.0219 e. The second-order valence-electron chi connectivity index (χ2n) is 13.1. The molecule has 1 saturated carbocycles. The van der Waals surface area contributed by atoms with Gasteiger partial charge in [-0.3, -0.25) is 0 Å². The Hall–Kier alpha value is -4.42. The number of benzene rings is 5. The highest BCUT2D eigenvalue weighted by Crippen LogP contribution is 2.64. The van der Waals surface area contributed by atoms with Crippen molar-refractivity contribution in [3.8, 4) is 11.1 Å². The van der Waals surface area contributed by atoms with E-state index in [4.69, 9.17) is 0 Å². The second-order valence-corrected chi connectivity index (χ2v) is 13.1. The number of hydrogen-bond donors (Lipinski definition) is 0. The Morgan fingerprint density at radius 1 is 0.717 bits per heavy atom. The molecule has 2 atom stereocenters. The van der Waals surface area contributed by atoms with E-state index in [0.29, 0.717) is 5.92 Å². The predicted octanol–water partition coefficient (Wildman–Crippen LogP) is 12.8. The minimum atomic E-state index is 0.103. The van der Waals surface area contributed by atoms with Crippen molar-refractivity contribution in [3.63, 3.8) is 0 Å². The molecule has 3 aliphatic rings. The van der Waals surface area contributed by atoms with E-state index in [0.717, 1.165) is 6.42 Å². The van der Waals surface area contributed by atoms with Gasteiger partial charge >= 0.3 is 0 Å². The molecular weight excluding hydrogens is 553 g/mol. The van der Waals surface area contributed by atoms with Crippen LogP contribution in [0.25, 0.3) is 38.7 Å². The molecule has 8 rings (SSSR count). The Balaban J connectivity index is 0.000000192. The summed E-state index contributed by atoms with van der Waals surface area (Å²) in [6.07, 6.45) is 15.8. The molecule has 230 valence electrons. The molecule has 46 heavy (non-hydrogen) atoms. The van der Waals surface area contributed by atoms with Crippen molar-refractivity contribution in [2.24, 2.45) is 5.92 Å². The average molecular weight is 599 g/mol. The fourth-order valence-electron chi connectivity index (χ4n) is 7.13. The second kappa shape index (κ2) is 13.5. The molecule has 0 aromatic heterocycles. The van der Waals surface area contributed by atoms with Gasteiger partial charge in [0.25, 0.3) is 0 Å². The smallest absolute Gasteiger partial charge is 0.0219 e. The summed E-state index contributed by atoms with van der Waals surface area (Å²) in [7, 11) is 0. The van der Waals surface area contributed by atoms with Gasteiger partial charge in [0.15, 0.2) is 0 Å². The van der Waals surface area contributed by atoms with E-state index in [2.05, 4.69) is 169 Å². The number of rotatable bonds is 3. The van der Waals surface area contributed by atoms with E-state index in [1.807, 2.05) is 0 Å². The van der Waals surface area contributed by atoms with Crippen molar-refractivity contribution in [2.45, 2.75) is 58.8 Å². The standard InChI is InChI=1S/C30H25.C12H11.C4H10/c1-19-13-14-24-26(17-19)29(30-16-15-20(2)21(3)27(30)18-30)25-12-8-7-11-23(25)28(24)22-9-5-4-6-10-22;1-10-5-4-8-11-6-2-3-7-12(11)9-10;1-3-4-2/h4-17,27H,2,18H2,1,3H3;2-8H,1,9H2;3-4H2,1-2H3. The molecule has 0 bridgehead atoms. The largest absolute Gasteiger partial charge is 0.0730 e. The Morgan fingerprint density at radius 2 is 1.39 bits per heavy atom. The maximum absolute atomic E-state index is 4.27. The fraction of sp³-hybridized carbons (Fsp3) is 0.217. The molecule has 2 unspecified atom stereocenters. The van der Waals surface area contributed by atoms with Crippen molar-refractivity contribution in [1.82, 2.24) is 0 Å². The Bertz CT molecular complexity index is 1990. The summed E-state index contributed by atoms with van der Waals surface area (Å²) in [6.45, 7) is 17.1. The Morgan fingerprint density at radius 3 is 2.15 bits per heavy atom. The zero-order chi connectivity index (χ0) is 32.3. The summed E-state index contributed by atoms with van der Waals surface area (Å²) in [5.41, 5.74) is 12.1. The van der Waals surface area contributed by atoms with Gasteiger partial charge in [-0.2, -0.15) is 0 Å². The van der Waals surface area contributed by atoms with E-state index in [9.17, 15) is 0 Å². The first-order chi connectivity index (χ1) is 22.4. The van der Waals surface area contributed by atoms with Gasteiger partial charge in [0.2, 0.25) is 0 Å². The highest BCUT2D eigenvalue weighted by atomic mass is 14.6. The van der Waals surface area contributed by atoms with E-state index < -0.39 is 0 Å². The lowest BCUT2D eigenvalue weighted by Gasteiger charge is -2.25. The van der Waals surface area contributed by atoms with Crippen LogP contribution in [0.5, 0.6) is 0 Å². The number of allylic oxidation sites excluding steroid dienone is 7. The molecule has 0 nitrogen and oxygen atoms in total. The molecule has 0 heterocycles. The van der Waals surface area contributed by atoms with Crippen molar-refractivity contribution in [2.75, 3.05) is 0 Å². The van der Waals surface area contributed by atoms with Crippen LogP contribution in [0, 0.1) is 26.7 Å². The molecule has 1 fully saturated rings. The lowest BCUT2D eigenvalue weighted by Crippen LogP contribution is -2.13. The van der Waals surface area contributed by atoms with Gasteiger partial charge in [-0.15, -0.1) is 0 Å². The molecule has 5 aromatic rings. The molecule has 0 aliphatic heterocycles. The average Bonchev–Trinajstić information content (AvgIpc) is 3.86. The van der Waals surface area contributed by atoms with Crippen LogP contribution in [0.2, 0.25) is 0 Å². The quantitative estimate of drug-likeness (QED) is 0.181. The maximum atomic E-state index is 4.27. The van der Waals surface area contributed by atoms with Crippen LogP contribution in [0.1, 0.15) is 62.3 Å². The summed E-state index contributed by atoms with van der Waals surface area (Å²) in [6, 6.07) is 35.3. The highest BCUT2D eigenvalue weighted by Gasteiger charge is 2.56. The van der Waals surface area contributed by atoms with Gasteiger partial charge in [0, 0.05) is 5.41 Å². The lowest BCUT2D eigenvalue weighted by atomic mass is 9.78. The first kappa shape index (κ1) is 31.6. The van der Waals surface area contributed by atoms with Crippen LogP contribution in [-0.2, 0) is 11.8 Å². The van der Waals surface area contributed by atoms with E-state index in [-0.39, 0.29) is 5.41 Å². The van der Waals surface area contributed by atoms with Crippen LogP contribution in [-0.4, -0.2) is 0 Å². The zero-order valence-corrected chi connectivity index (χ0v) is 27.9. The van der Waals surface area contributed by atoms with Gasteiger partial charge in [-0.1, -0.05) is 171 Å². The van der Waals surface area contributed by atoms with Gasteiger partial charge in [0.05, 0.1) is 0 Å². The summed E-state index contributed by atoms with van der Waals surface area (Å²) >= 11 is 0. The van der Waals surface area contributed by atoms with Gasteiger partial charge < -0.3 is 0 Å². The van der Waals surface area contributed by atoms with Crippen molar-refractivity contribution in [1.29, 1.82) is 0 Å². The third kappa shape index (κ3) is 6.06. The summed E-state index contributed by atoms with van der Waals surface area (Å²) in [4.78, 5) is 0. The minimum Gasteiger partial charge on any atom is -0.0730 e. The third-order valence-electron chi connectivity index (χ3n) is 9.90. The van der Waals surface area contributed by atoms with E-state index >= 15 is 0 Å². The van der Waals surface area contributed by atoms with Crippen LogP contribution >= 0.6 is 0 Å². The van der Waals surface area contributed by atoms with Crippen LogP contribution in [0.4, 0.5) is 0 Å². The first-order valence-electron chi connectivity index (χ1n) is 16.9. The third-order valence-corrected chi connectivity index (χ3v) is 9.90. The van der Waals surface area contributed by atoms with Crippen LogP contribution in [0.15, 0.2) is 138 Å². The SMILES string of the molecule is CCCC.[CH2]C1=C(C)C2CC2(c2c3ccccc3c(-c3ccccc3)c3ccc(C)cc23)C=C1.[CH2]C1=CC=Cc2ccccc2C1. The predicted molar refractivity (Wildman–Crippen MR) is 202 cm³/mol. The molecule has 0 N–H and O–H groups in total. The van der Waals surface area contributed by atoms with Crippen LogP contribution < -0.4 is 0 Å². The van der Waals surface area contributed by atoms with Crippen LogP contribution in [0.3, 0.4) is 0 Å². The Kier molecular flexibility index (Phi) is 9.27. The first-order valence-corrected chi connectivity index (χ1v) is 16.9. The van der Waals surface area contributed by atoms with Gasteiger partial charge in [-0.05, 0) is 101 Å². The molecule has 3 aliphatic carbocycles. The van der Waals surface area contributed by atoms with Crippen molar-refractivity contribution < 1.29 is 0 Å².